The summed E-state index contributed by atoms with van der Waals surface area (Å²) in [6.45, 7) is 5.60. The Morgan fingerprint density at radius 1 is 1.12 bits per heavy atom. The van der Waals surface area contributed by atoms with Crippen molar-refractivity contribution in [1.29, 1.82) is 0 Å². The highest BCUT2D eigenvalue weighted by Gasteiger charge is 2.33. The Kier molecular flexibility index (Phi) is 6.86. The highest BCUT2D eigenvalue weighted by molar-refractivity contribution is 7.98. The predicted molar refractivity (Wildman–Crippen MR) is 106 cm³/mol. The number of nitrogens with one attached hydrogen (secondary N) is 1. The molecule has 0 fully saturated rings. The number of thioether (sulfide) groups is 1. The van der Waals surface area contributed by atoms with E-state index in [-0.39, 0.29) is 5.91 Å². The zero-order valence-corrected chi connectivity index (χ0v) is 16.2. The Balaban J connectivity index is 1.99. The van der Waals surface area contributed by atoms with Gasteiger partial charge in [0.25, 0.3) is 0 Å². The van der Waals surface area contributed by atoms with Crippen LogP contribution in [0.4, 0.5) is 0 Å². The second-order valence-corrected chi connectivity index (χ2v) is 7.89. The number of aliphatic carboxylic acids is 1. The number of carboxylic acid groups (broad SMARTS) is 1. The molecule has 26 heavy (non-hydrogen) atoms. The summed E-state index contributed by atoms with van der Waals surface area (Å²) in [6.07, 6.45) is 0. The van der Waals surface area contributed by atoms with Crippen molar-refractivity contribution in [3.63, 3.8) is 0 Å². The summed E-state index contributed by atoms with van der Waals surface area (Å²) in [5.41, 5.74) is 2.27. The van der Waals surface area contributed by atoms with E-state index in [9.17, 15) is 14.7 Å². The SMILES string of the molecule is Cc1cccc(C(C)(C)C(=O)NC(CSCc2ccccc2)C(=O)O)c1. The fourth-order valence-electron chi connectivity index (χ4n) is 2.55. The van der Waals surface area contributed by atoms with E-state index >= 15 is 0 Å². The zero-order valence-electron chi connectivity index (χ0n) is 15.4. The summed E-state index contributed by atoms with van der Waals surface area (Å²) in [5.74, 6) is -0.267. The van der Waals surface area contributed by atoms with Gasteiger partial charge in [-0.1, -0.05) is 60.2 Å². The molecule has 4 nitrogen and oxygen atoms in total. The van der Waals surface area contributed by atoms with Crippen molar-refractivity contribution >= 4 is 23.6 Å². The number of rotatable bonds is 8. The molecule has 1 amide bonds. The Morgan fingerprint density at radius 3 is 2.42 bits per heavy atom. The van der Waals surface area contributed by atoms with E-state index in [4.69, 9.17) is 0 Å². The number of amides is 1. The minimum Gasteiger partial charge on any atom is -0.480 e. The van der Waals surface area contributed by atoms with Crippen molar-refractivity contribution in [1.82, 2.24) is 5.32 Å². The zero-order chi connectivity index (χ0) is 19.2. The Morgan fingerprint density at radius 2 is 1.81 bits per heavy atom. The molecule has 5 heteroatoms. The Hall–Kier alpha value is -2.27. The Labute approximate surface area is 159 Å². The topological polar surface area (TPSA) is 66.4 Å². The number of hydrogen-bond acceptors (Lipinski definition) is 3. The largest absolute Gasteiger partial charge is 0.480 e. The van der Waals surface area contributed by atoms with Crippen molar-refractivity contribution < 1.29 is 14.7 Å². The van der Waals surface area contributed by atoms with Gasteiger partial charge < -0.3 is 10.4 Å². The molecule has 2 aromatic carbocycles. The number of hydrogen-bond donors (Lipinski definition) is 2. The number of carboxylic acids is 1. The van der Waals surface area contributed by atoms with Crippen LogP contribution in [0.25, 0.3) is 0 Å². The molecule has 0 bridgehead atoms. The van der Waals surface area contributed by atoms with E-state index in [1.807, 2.05) is 75.4 Å². The number of benzene rings is 2. The van der Waals surface area contributed by atoms with Gasteiger partial charge in [0.2, 0.25) is 5.91 Å². The van der Waals surface area contributed by atoms with Crippen LogP contribution in [0.15, 0.2) is 54.6 Å². The second-order valence-electron chi connectivity index (χ2n) is 6.86. The summed E-state index contributed by atoms with van der Waals surface area (Å²) in [7, 11) is 0. The molecule has 0 aliphatic heterocycles. The molecule has 0 aliphatic rings. The van der Waals surface area contributed by atoms with Gasteiger partial charge in [0.05, 0.1) is 5.41 Å². The van der Waals surface area contributed by atoms with Gasteiger partial charge in [0.15, 0.2) is 0 Å². The maximum absolute atomic E-state index is 12.7. The molecule has 2 N–H and O–H groups in total. The van der Waals surface area contributed by atoms with Crippen molar-refractivity contribution in [3.8, 4) is 0 Å². The molecular weight excluding hydrogens is 346 g/mol. The van der Waals surface area contributed by atoms with Gasteiger partial charge in [-0.3, -0.25) is 4.79 Å². The quantitative estimate of drug-likeness (QED) is 0.741. The van der Waals surface area contributed by atoms with Crippen LogP contribution in [0.1, 0.15) is 30.5 Å². The van der Waals surface area contributed by atoms with Gasteiger partial charge in [-0.2, -0.15) is 11.8 Å². The van der Waals surface area contributed by atoms with Crippen molar-refractivity contribution in [2.24, 2.45) is 0 Å². The van der Waals surface area contributed by atoms with E-state index in [0.717, 1.165) is 16.7 Å². The number of carbonyl (C=O) groups excluding carboxylic acids is 1. The van der Waals surface area contributed by atoms with Gasteiger partial charge in [-0.15, -0.1) is 0 Å². The first-order valence-electron chi connectivity index (χ1n) is 8.53. The molecule has 0 aliphatic carbocycles. The summed E-state index contributed by atoms with van der Waals surface area (Å²) in [5, 5.41) is 12.2. The second kappa shape index (κ2) is 8.90. The van der Waals surface area contributed by atoms with E-state index in [2.05, 4.69) is 5.32 Å². The average molecular weight is 372 g/mol. The molecule has 0 heterocycles. The van der Waals surface area contributed by atoms with Crippen LogP contribution in [-0.2, 0) is 20.8 Å². The lowest BCUT2D eigenvalue weighted by Gasteiger charge is -2.26. The maximum atomic E-state index is 12.7. The lowest BCUT2D eigenvalue weighted by atomic mass is 9.83. The summed E-state index contributed by atoms with van der Waals surface area (Å²) < 4.78 is 0. The van der Waals surface area contributed by atoms with E-state index in [1.54, 1.807) is 0 Å². The molecule has 0 spiro atoms. The molecule has 0 saturated carbocycles. The lowest BCUT2D eigenvalue weighted by Crippen LogP contribution is -2.49. The normalized spacial score (nSPS) is 12.4. The van der Waals surface area contributed by atoms with Gasteiger partial charge >= 0.3 is 5.97 Å². The fourth-order valence-corrected chi connectivity index (χ4v) is 3.55. The van der Waals surface area contributed by atoms with Crippen LogP contribution < -0.4 is 5.32 Å². The maximum Gasteiger partial charge on any atom is 0.327 e. The summed E-state index contributed by atoms with van der Waals surface area (Å²) in [6, 6.07) is 16.7. The van der Waals surface area contributed by atoms with Crippen LogP contribution in [-0.4, -0.2) is 28.8 Å². The molecule has 0 aromatic heterocycles. The molecular formula is C21H25NO3S. The molecule has 2 aromatic rings. The smallest absolute Gasteiger partial charge is 0.327 e. The minimum absolute atomic E-state index is 0.282. The third-order valence-corrected chi connectivity index (χ3v) is 5.41. The summed E-state index contributed by atoms with van der Waals surface area (Å²) >= 11 is 1.50. The van der Waals surface area contributed by atoms with Crippen LogP contribution >= 0.6 is 11.8 Å². The molecule has 138 valence electrons. The van der Waals surface area contributed by atoms with Gasteiger partial charge in [-0.25, -0.2) is 4.79 Å². The van der Waals surface area contributed by atoms with Crippen LogP contribution in [0.2, 0.25) is 0 Å². The predicted octanol–water partition coefficient (Wildman–Crippen LogP) is 3.78. The van der Waals surface area contributed by atoms with Gasteiger partial charge in [0.1, 0.15) is 6.04 Å². The van der Waals surface area contributed by atoms with Crippen LogP contribution in [0.5, 0.6) is 0 Å². The standard InChI is InChI=1S/C21H25NO3S/c1-15-8-7-11-17(12-15)21(2,3)20(25)22-18(19(23)24)14-26-13-16-9-5-4-6-10-16/h4-12,18H,13-14H2,1-3H3,(H,22,25)(H,23,24). The fraction of sp³-hybridized carbons (Fsp3) is 0.333. The van der Waals surface area contributed by atoms with Crippen molar-refractivity contribution in [3.05, 3.63) is 71.3 Å². The van der Waals surface area contributed by atoms with Crippen LogP contribution in [0.3, 0.4) is 0 Å². The molecule has 0 radical (unpaired) electrons. The van der Waals surface area contributed by atoms with Crippen molar-refractivity contribution in [2.75, 3.05) is 5.75 Å². The molecule has 1 unspecified atom stereocenters. The average Bonchev–Trinajstić information content (AvgIpc) is 2.61. The van der Waals surface area contributed by atoms with Crippen LogP contribution in [0, 0.1) is 6.92 Å². The van der Waals surface area contributed by atoms with Crippen molar-refractivity contribution in [2.45, 2.75) is 38.0 Å². The highest BCUT2D eigenvalue weighted by Crippen LogP contribution is 2.24. The first-order valence-corrected chi connectivity index (χ1v) is 9.69. The lowest BCUT2D eigenvalue weighted by molar-refractivity contribution is -0.141. The molecule has 1 atom stereocenters. The van der Waals surface area contributed by atoms with E-state index in [1.165, 1.54) is 11.8 Å². The first-order chi connectivity index (χ1) is 12.3. The van der Waals surface area contributed by atoms with E-state index < -0.39 is 17.4 Å². The monoisotopic (exact) mass is 371 g/mol. The third kappa shape index (κ3) is 5.36. The minimum atomic E-state index is -1.01. The summed E-state index contributed by atoms with van der Waals surface area (Å²) in [4.78, 5) is 24.3. The number of carbonyl (C=O) groups is 2. The molecule has 2 rings (SSSR count). The third-order valence-electron chi connectivity index (χ3n) is 4.31. The van der Waals surface area contributed by atoms with E-state index in [0.29, 0.717) is 11.5 Å². The first kappa shape index (κ1) is 20.0. The highest BCUT2D eigenvalue weighted by atomic mass is 32.2. The number of aryl methyl sites for hydroxylation is 1. The van der Waals surface area contributed by atoms with Gasteiger partial charge in [-0.05, 0) is 31.9 Å². The molecule has 0 saturated heterocycles. The Bertz CT molecular complexity index is 759. The van der Waals surface area contributed by atoms with Gasteiger partial charge in [0, 0.05) is 11.5 Å².